The first-order valence-corrected chi connectivity index (χ1v) is 11.2. The largest absolute Gasteiger partial charge is 0.396 e. The van der Waals surface area contributed by atoms with Crippen LogP contribution in [0.25, 0.3) is 0 Å². The van der Waals surface area contributed by atoms with Gasteiger partial charge in [0.15, 0.2) is 0 Å². The SMILES string of the molecule is OCC1CCN(C2CCCN(C3CCN(c4cccc(Cl)c4)CC3)C2)CC1. The van der Waals surface area contributed by atoms with Crippen molar-refractivity contribution in [2.45, 2.75) is 50.6 Å². The first-order valence-electron chi connectivity index (χ1n) is 10.8. The predicted octanol–water partition coefficient (Wildman–Crippen LogP) is 3.48. The van der Waals surface area contributed by atoms with Gasteiger partial charge in [0, 0.05) is 49.0 Å². The summed E-state index contributed by atoms with van der Waals surface area (Å²) in [6.07, 6.45) is 7.54. The van der Waals surface area contributed by atoms with Crippen molar-refractivity contribution in [1.82, 2.24) is 9.80 Å². The Bertz CT molecular complexity index is 597. The fourth-order valence-corrected chi connectivity index (χ4v) is 5.46. The van der Waals surface area contributed by atoms with Gasteiger partial charge in [-0.1, -0.05) is 17.7 Å². The van der Waals surface area contributed by atoms with E-state index in [1.807, 2.05) is 6.07 Å². The van der Waals surface area contributed by atoms with Gasteiger partial charge >= 0.3 is 0 Å². The Kier molecular flexibility index (Phi) is 6.59. The number of hydrogen-bond donors (Lipinski definition) is 1. The number of aliphatic hydroxyl groups excluding tert-OH is 1. The molecular formula is C22H34ClN3O. The van der Waals surface area contributed by atoms with Crippen LogP contribution in [0.3, 0.4) is 0 Å². The highest BCUT2D eigenvalue weighted by atomic mass is 35.5. The monoisotopic (exact) mass is 391 g/mol. The highest BCUT2D eigenvalue weighted by Crippen LogP contribution is 2.28. The molecule has 1 aromatic carbocycles. The Morgan fingerprint density at radius 1 is 0.889 bits per heavy atom. The van der Waals surface area contributed by atoms with Crippen LogP contribution in [-0.4, -0.2) is 72.9 Å². The van der Waals surface area contributed by atoms with Crippen molar-refractivity contribution in [1.29, 1.82) is 0 Å². The molecule has 27 heavy (non-hydrogen) atoms. The molecule has 0 radical (unpaired) electrons. The molecule has 3 saturated heterocycles. The molecule has 3 fully saturated rings. The lowest BCUT2D eigenvalue weighted by Crippen LogP contribution is -2.54. The lowest BCUT2D eigenvalue weighted by molar-refractivity contribution is 0.0368. The Labute approximate surface area is 169 Å². The van der Waals surface area contributed by atoms with E-state index in [0.29, 0.717) is 12.5 Å². The first kappa shape index (κ1) is 19.5. The minimum absolute atomic E-state index is 0.371. The van der Waals surface area contributed by atoms with Crippen molar-refractivity contribution >= 4 is 17.3 Å². The third-order valence-electron chi connectivity index (χ3n) is 7.01. The van der Waals surface area contributed by atoms with Gasteiger partial charge in [0.05, 0.1) is 0 Å². The summed E-state index contributed by atoms with van der Waals surface area (Å²) in [4.78, 5) is 7.98. The van der Waals surface area contributed by atoms with Crippen LogP contribution in [0.1, 0.15) is 38.5 Å². The molecule has 0 saturated carbocycles. The lowest BCUT2D eigenvalue weighted by atomic mass is 9.93. The standard InChI is InChI=1S/C22H34ClN3O/c23-19-3-1-4-21(15-19)24-13-8-20(9-14-24)26-10-2-5-22(16-26)25-11-6-18(17-27)7-12-25/h1,3-4,15,18,20,22,27H,2,5-14,16-17H2. The van der Waals surface area contributed by atoms with Gasteiger partial charge in [0.25, 0.3) is 0 Å². The molecule has 1 N–H and O–H groups in total. The Morgan fingerprint density at radius 2 is 1.67 bits per heavy atom. The Morgan fingerprint density at radius 3 is 2.37 bits per heavy atom. The molecule has 150 valence electrons. The maximum atomic E-state index is 9.38. The van der Waals surface area contributed by atoms with E-state index in [9.17, 15) is 5.11 Å². The van der Waals surface area contributed by atoms with Crippen LogP contribution in [-0.2, 0) is 0 Å². The summed E-state index contributed by atoms with van der Waals surface area (Å²) in [7, 11) is 0. The zero-order chi connectivity index (χ0) is 18.6. The number of anilines is 1. The van der Waals surface area contributed by atoms with E-state index in [1.165, 1.54) is 70.4 Å². The van der Waals surface area contributed by atoms with Gasteiger partial charge in [0.1, 0.15) is 0 Å². The number of halogens is 1. The summed E-state index contributed by atoms with van der Waals surface area (Å²) in [6, 6.07) is 9.74. The molecule has 5 heteroatoms. The first-order chi connectivity index (χ1) is 13.2. The predicted molar refractivity (Wildman–Crippen MR) is 113 cm³/mol. The molecule has 0 spiro atoms. The van der Waals surface area contributed by atoms with Gasteiger partial charge in [-0.3, -0.25) is 9.80 Å². The summed E-state index contributed by atoms with van der Waals surface area (Å²) in [5.74, 6) is 0.539. The maximum absolute atomic E-state index is 9.38. The smallest absolute Gasteiger partial charge is 0.0460 e. The number of rotatable bonds is 4. The minimum atomic E-state index is 0.371. The highest BCUT2D eigenvalue weighted by molar-refractivity contribution is 6.30. The second kappa shape index (κ2) is 9.13. The summed E-state index contributed by atoms with van der Waals surface area (Å²) in [5.41, 5.74) is 1.27. The van der Waals surface area contributed by atoms with Crippen LogP contribution in [0.5, 0.6) is 0 Å². The number of aliphatic hydroxyl groups is 1. The lowest BCUT2D eigenvalue weighted by Gasteiger charge is -2.46. The molecule has 1 unspecified atom stereocenters. The van der Waals surface area contributed by atoms with Crippen LogP contribution in [0.15, 0.2) is 24.3 Å². The number of benzene rings is 1. The quantitative estimate of drug-likeness (QED) is 0.851. The van der Waals surface area contributed by atoms with E-state index in [1.54, 1.807) is 0 Å². The number of hydrogen-bond acceptors (Lipinski definition) is 4. The minimum Gasteiger partial charge on any atom is -0.396 e. The van der Waals surface area contributed by atoms with Crippen molar-refractivity contribution in [3.8, 4) is 0 Å². The number of piperidine rings is 3. The van der Waals surface area contributed by atoms with E-state index in [4.69, 9.17) is 11.6 Å². The van der Waals surface area contributed by atoms with Crippen molar-refractivity contribution < 1.29 is 5.11 Å². The molecule has 4 rings (SSSR count). The van der Waals surface area contributed by atoms with Gasteiger partial charge in [-0.05, 0) is 82.3 Å². The molecule has 3 aliphatic heterocycles. The molecule has 1 atom stereocenters. The average Bonchev–Trinajstić information content (AvgIpc) is 2.74. The third kappa shape index (κ3) is 4.79. The normalized spacial score (nSPS) is 27.2. The average molecular weight is 392 g/mol. The Balaban J connectivity index is 1.28. The molecule has 0 aromatic heterocycles. The second-order valence-corrected chi connectivity index (χ2v) is 9.09. The maximum Gasteiger partial charge on any atom is 0.0460 e. The van der Waals surface area contributed by atoms with Gasteiger partial charge in [-0.25, -0.2) is 0 Å². The molecule has 0 bridgehead atoms. The van der Waals surface area contributed by atoms with Crippen LogP contribution in [0, 0.1) is 5.92 Å². The molecule has 0 aliphatic carbocycles. The summed E-state index contributed by atoms with van der Waals surface area (Å²) >= 11 is 6.17. The van der Waals surface area contributed by atoms with Gasteiger partial charge in [-0.2, -0.15) is 0 Å². The third-order valence-corrected chi connectivity index (χ3v) is 7.24. The topological polar surface area (TPSA) is 30.0 Å². The molecule has 3 aliphatic rings. The van der Waals surface area contributed by atoms with Crippen LogP contribution in [0.4, 0.5) is 5.69 Å². The number of nitrogens with zero attached hydrogens (tertiary/aromatic N) is 3. The summed E-state index contributed by atoms with van der Waals surface area (Å²) in [5, 5.41) is 10.2. The van der Waals surface area contributed by atoms with Crippen LogP contribution >= 0.6 is 11.6 Å². The van der Waals surface area contributed by atoms with Crippen molar-refractivity contribution in [3.63, 3.8) is 0 Å². The molecular weight excluding hydrogens is 358 g/mol. The van der Waals surface area contributed by atoms with E-state index >= 15 is 0 Å². The molecule has 1 aromatic rings. The van der Waals surface area contributed by atoms with E-state index in [0.717, 1.165) is 30.2 Å². The molecule has 4 nitrogen and oxygen atoms in total. The van der Waals surface area contributed by atoms with E-state index < -0.39 is 0 Å². The Hall–Kier alpha value is -0.810. The fourth-order valence-electron chi connectivity index (χ4n) is 5.28. The zero-order valence-corrected chi connectivity index (χ0v) is 17.2. The van der Waals surface area contributed by atoms with Crippen molar-refractivity contribution in [2.24, 2.45) is 5.92 Å². The molecule has 0 amide bonds. The van der Waals surface area contributed by atoms with E-state index in [-0.39, 0.29) is 0 Å². The van der Waals surface area contributed by atoms with Crippen molar-refractivity contribution in [3.05, 3.63) is 29.3 Å². The van der Waals surface area contributed by atoms with Crippen LogP contribution < -0.4 is 4.90 Å². The van der Waals surface area contributed by atoms with Gasteiger partial charge in [-0.15, -0.1) is 0 Å². The van der Waals surface area contributed by atoms with Crippen molar-refractivity contribution in [2.75, 3.05) is 50.8 Å². The van der Waals surface area contributed by atoms with Gasteiger partial charge < -0.3 is 10.0 Å². The van der Waals surface area contributed by atoms with Gasteiger partial charge in [0.2, 0.25) is 0 Å². The molecule has 3 heterocycles. The summed E-state index contributed by atoms with van der Waals surface area (Å²) < 4.78 is 0. The highest BCUT2D eigenvalue weighted by Gasteiger charge is 2.32. The fraction of sp³-hybridized carbons (Fsp3) is 0.727. The summed E-state index contributed by atoms with van der Waals surface area (Å²) in [6.45, 7) is 7.50. The second-order valence-electron chi connectivity index (χ2n) is 8.65. The number of likely N-dealkylation sites (tertiary alicyclic amines) is 2. The zero-order valence-electron chi connectivity index (χ0n) is 16.4. The van der Waals surface area contributed by atoms with E-state index in [2.05, 4.69) is 32.9 Å². The van der Waals surface area contributed by atoms with Crippen LogP contribution in [0.2, 0.25) is 5.02 Å².